The number of piperazine rings is 1. The molecule has 11 heteroatoms. The molecule has 0 aromatic carbocycles. The molecular formula is C22H26N8O2S. The molecule has 1 aliphatic heterocycles. The van der Waals surface area contributed by atoms with Crippen LogP contribution in [0.5, 0.6) is 0 Å². The lowest BCUT2D eigenvalue weighted by molar-refractivity contribution is 0.0952. The van der Waals surface area contributed by atoms with E-state index in [0.29, 0.717) is 37.5 Å². The zero-order valence-corrected chi connectivity index (χ0v) is 19.5. The maximum absolute atomic E-state index is 12.6. The number of anilines is 1. The number of hydrogen-bond donors (Lipinski definition) is 2. The fraction of sp³-hybridized carbons (Fsp3) is 0.455. The normalized spacial score (nSPS) is 16.7. The van der Waals surface area contributed by atoms with Gasteiger partial charge >= 0.3 is 6.03 Å². The summed E-state index contributed by atoms with van der Waals surface area (Å²) in [5.41, 5.74) is 1.42. The van der Waals surface area contributed by atoms with Crippen molar-refractivity contribution < 1.29 is 9.59 Å². The van der Waals surface area contributed by atoms with Crippen molar-refractivity contribution in [2.75, 3.05) is 51.7 Å². The van der Waals surface area contributed by atoms with E-state index in [0.717, 1.165) is 23.4 Å². The Morgan fingerprint density at radius 2 is 2.03 bits per heavy atom. The van der Waals surface area contributed by atoms with Gasteiger partial charge < -0.3 is 20.0 Å². The van der Waals surface area contributed by atoms with E-state index in [9.17, 15) is 14.9 Å². The second-order valence-corrected chi connectivity index (χ2v) is 9.21. The first kappa shape index (κ1) is 22.8. The molecule has 3 amide bonds. The van der Waals surface area contributed by atoms with Gasteiger partial charge in [-0.05, 0) is 30.9 Å². The van der Waals surface area contributed by atoms with Crippen molar-refractivity contribution in [3.8, 4) is 18.4 Å². The fourth-order valence-corrected chi connectivity index (χ4v) is 4.55. The van der Waals surface area contributed by atoms with Gasteiger partial charge in [-0.3, -0.25) is 9.20 Å². The molecule has 0 spiro atoms. The molecule has 2 aromatic rings. The summed E-state index contributed by atoms with van der Waals surface area (Å²) in [6.07, 6.45) is 10.3. The summed E-state index contributed by atoms with van der Waals surface area (Å²) >= 11 is 1.38. The highest BCUT2D eigenvalue weighted by Crippen LogP contribution is 2.38. The zero-order valence-electron chi connectivity index (χ0n) is 18.7. The van der Waals surface area contributed by atoms with Gasteiger partial charge in [0.1, 0.15) is 11.2 Å². The second-order valence-electron chi connectivity index (χ2n) is 8.33. The van der Waals surface area contributed by atoms with Crippen LogP contribution in [0.1, 0.15) is 23.3 Å². The Labute approximate surface area is 197 Å². The molecule has 2 N–H and O–H groups in total. The summed E-state index contributed by atoms with van der Waals surface area (Å²) in [5.74, 6) is 2.10. The van der Waals surface area contributed by atoms with Gasteiger partial charge in [-0.1, -0.05) is 5.92 Å². The average Bonchev–Trinajstić information content (AvgIpc) is 3.50. The van der Waals surface area contributed by atoms with Crippen LogP contribution in [0.3, 0.4) is 0 Å². The van der Waals surface area contributed by atoms with Gasteiger partial charge in [0, 0.05) is 51.4 Å². The number of nitrogens with one attached hydrogen (secondary N) is 2. The number of terminal acetylenes is 1. The number of imidazole rings is 1. The molecule has 172 valence electrons. The van der Waals surface area contributed by atoms with Crippen LogP contribution in [0, 0.1) is 23.7 Å². The van der Waals surface area contributed by atoms with Gasteiger partial charge in [0.15, 0.2) is 5.65 Å². The first-order chi connectivity index (χ1) is 15.9. The SMILES string of the molecule is C#CCNC(=O)c1cnc2c(N3CCN(C(=O)N(C)C)CC3)cc(SNC3(C#N)CC3)cn12. The first-order valence-corrected chi connectivity index (χ1v) is 11.5. The van der Waals surface area contributed by atoms with E-state index >= 15 is 0 Å². The van der Waals surface area contributed by atoms with Crippen LogP contribution >= 0.6 is 11.9 Å². The molecule has 0 bridgehead atoms. The summed E-state index contributed by atoms with van der Waals surface area (Å²) in [7, 11) is 3.49. The molecular weight excluding hydrogens is 440 g/mol. The number of nitrogens with zero attached hydrogens (tertiary/aromatic N) is 6. The van der Waals surface area contributed by atoms with E-state index in [1.165, 1.54) is 18.1 Å². The number of amides is 3. The van der Waals surface area contributed by atoms with Gasteiger partial charge in [0.25, 0.3) is 5.91 Å². The minimum Gasteiger partial charge on any atom is -0.365 e. The lowest BCUT2D eigenvalue weighted by Gasteiger charge is -2.37. The highest BCUT2D eigenvalue weighted by atomic mass is 32.2. The van der Waals surface area contributed by atoms with Crippen molar-refractivity contribution in [1.82, 2.24) is 29.2 Å². The minimum absolute atomic E-state index is 0.00665. The monoisotopic (exact) mass is 466 g/mol. The number of urea groups is 1. The van der Waals surface area contributed by atoms with E-state index in [1.54, 1.807) is 23.4 Å². The number of rotatable bonds is 6. The van der Waals surface area contributed by atoms with Crippen LogP contribution in [0.2, 0.25) is 0 Å². The van der Waals surface area contributed by atoms with E-state index in [4.69, 9.17) is 6.42 Å². The quantitative estimate of drug-likeness (QED) is 0.486. The van der Waals surface area contributed by atoms with E-state index in [2.05, 4.69) is 31.9 Å². The van der Waals surface area contributed by atoms with Crippen LogP contribution in [0.25, 0.3) is 5.65 Å². The van der Waals surface area contributed by atoms with Gasteiger partial charge in [-0.2, -0.15) is 5.26 Å². The third kappa shape index (κ3) is 4.70. The third-order valence-electron chi connectivity index (χ3n) is 5.75. The highest BCUT2D eigenvalue weighted by Gasteiger charge is 2.43. The number of aromatic nitrogens is 2. The van der Waals surface area contributed by atoms with E-state index < -0.39 is 5.54 Å². The Balaban J connectivity index is 1.63. The van der Waals surface area contributed by atoms with Crippen LogP contribution in [-0.2, 0) is 0 Å². The van der Waals surface area contributed by atoms with Crippen LogP contribution in [-0.4, -0.2) is 83.5 Å². The Hall–Kier alpha value is -3.41. The van der Waals surface area contributed by atoms with E-state index in [1.807, 2.05) is 17.2 Å². The van der Waals surface area contributed by atoms with E-state index in [-0.39, 0.29) is 18.5 Å². The molecule has 1 saturated heterocycles. The Morgan fingerprint density at radius 3 is 2.64 bits per heavy atom. The highest BCUT2D eigenvalue weighted by molar-refractivity contribution is 7.97. The van der Waals surface area contributed by atoms with Crippen LogP contribution in [0.15, 0.2) is 23.4 Å². The van der Waals surface area contributed by atoms with Crippen LogP contribution < -0.4 is 14.9 Å². The fourth-order valence-electron chi connectivity index (χ4n) is 3.66. The summed E-state index contributed by atoms with van der Waals surface area (Å²) in [6.45, 7) is 2.59. The van der Waals surface area contributed by atoms with Crippen molar-refractivity contribution in [3.63, 3.8) is 0 Å². The van der Waals surface area contributed by atoms with Crippen molar-refractivity contribution in [1.29, 1.82) is 5.26 Å². The lowest BCUT2D eigenvalue weighted by atomic mass is 10.2. The second kappa shape index (κ2) is 9.22. The topological polar surface area (TPSA) is 109 Å². The summed E-state index contributed by atoms with van der Waals surface area (Å²) in [5, 5.41) is 12.1. The molecule has 4 rings (SSSR count). The summed E-state index contributed by atoms with van der Waals surface area (Å²) in [4.78, 5) is 35.9. The standard InChI is InChI=1S/C22H26N8O2S/c1-4-7-24-20(31)18-13-25-19-17(28-8-10-29(11-9-28)21(32)27(2)3)12-16(14-30(18)19)33-26-22(15-23)5-6-22/h1,12-14,26H,5-11H2,2-3H3,(H,24,31). The Bertz CT molecular complexity index is 1150. The first-order valence-electron chi connectivity index (χ1n) is 10.7. The molecule has 2 fully saturated rings. The number of pyridine rings is 1. The number of hydrogen-bond acceptors (Lipinski definition) is 7. The van der Waals surface area contributed by atoms with Crippen molar-refractivity contribution >= 4 is 35.2 Å². The Morgan fingerprint density at radius 1 is 1.30 bits per heavy atom. The van der Waals surface area contributed by atoms with Crippen molar-refractivity contribution in [3.05, 3.63) is 24.2 Å². The number of carbonyl (C=O) groups excluding carboxylic acids is 2. The molecule has 1 aliphatic carbocycles. The van der Waals surface area contributed by atoms with Crippen LogP contribution in [0.4, 0.5) is 10.5 Å². The van der Waals surface area contributed by atoms with Gasteiger partial charge in [0.2, 0.25) is 0 Å². The smallest absolute Gasteiger partial charge is 0.319 e. The molecule has 3 heterocycles. The maximum atomic E-state index is 12.6. The molecule has 0 radical (unpaired) electrons. The summed E-state index contributed by atoms with van der Waals surface area (Å²) in [6, 6.07) is 4.33. The zero-order chi connectivity index (χ0) is 23.6. The Kier molecular flexibility index (Phi) is 6.36. The van der Waals surface area contributed by atoms with Gasteiger partial charge in [-0.25, -0.2) is 14.5 Å². The summed E-state index contributed by atoms with van der Waals surface area (Å²) < 4.78 is 5.02. The number of fused-ring (bicyclic) bond motifs is 1. The molecule has 1 saturated carbocycles. The lowest BCUT2D eigenvalue weighted by Crippen LogP contribution is -2.51. The minimum atomic E-state index is -0.486. The van der Waals surface area contributed by atoms with Crippen molar-refractivity contribution in [2.24, 2.45) is 0 Å². The molecule has 2 aliphatic rings. The molecule has 0 unspecified atom stereocenters. The average molecular weight is 467 g/mol. The third-order valence-corrected chi connectivity index (χ3v) is 6.70. The molecule has 2 aromatic heterocycles. The number of carbonyl (C=O) groups is 2. The predicted octanol–water partition coefficient (Wildman–Crippen LogP) is 1.15. The largest absolute Gasteiger partial charge is 0.365 e. The predicted molar refractivity (Wildman–Crippen MR) is 126 cm³/mol. The van der Waals surface area contributed by atoms with Crippen molar-refractivity contribution in [2.45, 2.75) is 23.3 Å². The van der Waals surface area contributed by atoms with Gasteiger partial charge in [0.05, 0.1) is 24.5 Å². The molecule has 10 nitrogen and oxygen atoms in total. The molecule has 33 heavy (non-hydrogen) atoms. The number of nitriles is 1. The molecule has 0 atom stereocenters. The maximum Gasteiger partial charge on any atom is 0.319 e. The van der Waals surface area contributed by atoms with Gasteiger partial charge in [-0.15, -0.1) is 6.42 Å².